The molecule has 0 spiro atoms. The molecule has 1 aromatic rings. The molecule has 150 valence electrons. The normalized spacial score (nSPS) is 19.1. The van der Waals surface area contributed by atoms with Crippen LogP contribution in [0.1, 0.15) is 37.0 Å². The third-order valence-corrected chi connectivity index (χ3v) is 4.63. The number of nitrogens with zero attached hydrogens (tertiary/aromatic N) is 2. The van der Waals surface area contributed by atoms with Crippen molar-refractivity contribution in [2.45, 2.75) is 32.7 Å². The van der Waals surface area contributed by atoms with Crippen molar-refractivity contribution in [3.63, 3.8) is 0 Å². The number of carbonyl (C=O) groups excluding carboxylic acids is 3. The minimum absolute atomic E-state index is 0.199. The molecule has 1 unspecified atom stereocenters. The highest BCUT2D eigenvalue weighted by atomic mass is 16.5. The number of urea groups is 1. The number of anilines is 1. The quantitative estimate of drug-likeness (QED) is 0.708. The van der Waals surface area contributed by atoms with Crippen LogP contribution < -0.4 is 15.5 Å². The van der Waals surface area contributed by atoms with Gasteiger partial charge in [0.25, 0.3) is 0 Å². The Bertz CT molecular complexity index is 801. The van der Waals surface area contributed by atoms with E-state index in [2.05, 4.69) is 15.6 Å². The number of amides is 2. The van der Waals surface area contributed by atoms with Gasteiger partial charge in [0.15, 0.2) is 0 Å². The van der Waals surface area contributed by atoms with Gasteiger partial charge in [-0.1, -0.05) is 0 Å². The fourth-order valence-electron chi connectivity index (χ4n) is 3.35. The molecule has 1 atom stereocenters. The minimum Gasteiger partial charge on any atom is -0.463 e. The molecule has 1 saturated heterocycles. The van der Waals surface area contributed by atoms with Crippen LogP contribution in [0, 0.1) is 0 Å². The van der Waals surface area contributed by atoms with Gasteiger partial charge >= 0.3 is 18.0 Å². The molecule has 9 heteroatoms. The predicted octanol–water partition coefficient (Wildman–Crippen LogP) is 1.36. The monoisotopic (exact) mass is 388 g/mol. The first-order valence-corrected chi connectivity index (χ1v) is 9.36. The summed E-state index contributed by atoms with van der Waals surface area (Å²) in [5, 5.41) is 5.14. The van der Waals surface area contributed by atoms with Crippen molar-refractivity contribution in [3.05, 3.63) is 35.2 Å². The molecule has 0 aliphatic carbocycles. The molecule has 1 fully saturated rings. The molecule has 3 rings (SSSR count). The second-order valence-electron chi connectivity index (χ2n) is 6.58. The zero-order chi connectivity index (χ0) is 20.1. The van der Waals surface area contributed by atoms with E-state index >= 15 is 0 Å². The molecule has 2 aliphatic rings. The third kappa shape index (κ3) is 4.24. The van der Waals surface area contributed by atoms with Crippen molar-refractivity contribution in [2.75, 3.05) is 31.2 Å². The zero-order valence-electron chi connectivity index (χ0n) is 16.0. The van der Waals surface area contributed by atoms with Crippen LogP contribution in [0.3, 0.4) is 0 Å². The number of esters is 2. The van der Waals surface area contributed by atoms with Crippen molar-refractivity contribution in [3.8, 4) is 0 Å². The first kappa shape index (κ1) is 19.7. The molecule has 2 aliphatic heterocycles. The Hall–Kier alpha value is -3.10. The van der Waals surface area contributed by atoms with Gasteiger partial charge in [0.05, 0.1) is 23.9 Å². The summed E-state index contributed by atoms with van der Waals surface area (Å²) in [6, 6.07) is 2.31. The molecule has 2 amide bonds. The van der Waals surface area contributed by atoms with Crippen LogP contribution in [-0.4, -0.2) is 55.3 Å². The van der Waals surface area contributed by atoms with Crippen LogP contribution in [0.25, 0.3) is 0 Å². The molecular formula is C19H24N4O5. The van der Waals surface area contributed by atoms with Gasteiger partial charge in [-0.15, -0.1) is 0 Å². The van der Waals surface area contributed by atoms with E-state index in [1.54, 1.807) is 32.2 Å². The average molecular weight is 388 g/mol. The topological polar surface area (TPSA) is 110 Å². The van der Waals surface area contributed by atoms with Gasteiger partial charge in [-0.25, -0.2) is 19.4 Å². The maximum Gasteiger partial charge on any atom is 0.342 e. The number of ether oxygens (including phenoxy) is 2. The SMILES string of the molecule is CCOC(=O)C1=C(COC(=O)c2cccnc2N2CCCC2)NC(=O)NC1C. The number of hydrogen-bond acceptors (Lipinski definition) is 7. The highest BCUT2D eigenvalue weighted by Gasteiger charge is 2.30. The van der Waals surface area contributed by atoms with E-state index in [-0.39, 0.29) is 24.5 Å². The number of hydrogen-bond donors (Lipinski definition) is 2. The molecule has 0 aromatic carbocycles. The second kappa shape index (κ2) is 8.73. The van der Waals surface area contributed by atoms with Crippen LogP contribution >= 0.6 is 0 Å². The predicted molar refractivity (Wildman–Crippen MR) is 101 cm³/mol. The van der Waals surface area contributed by atoms with Crippen molar-refractivity contribution in [1.82, 2.24) is 15.6 Å². The number of aromatic nitrogens is 1. The van der Waals surface area contributed by atoms with Crippen LogP contribution in [-0.2, 0) is 14.3 Å². The highest BCUT2D eigenvalue weighted by molar-refractivity contribution is 5.96. The van der Waals surface area contributed by atoms with Crippen LogP contribution in [0.2, 0.25) is 0 Å². The Morgan fingerprint density at radius 3 is 2.71 bits per heavy atom. The number of nitrogens with one attached hydrogen (secondary N) is 2. The zero-order valence-corrected chi connectivity index (χ0v) is 16.0. The van der Waals surface area contributed by atoms with Gasteiger partial charge in [-0.05, 0) is 38.8 Å². The largest absolute Gasteiger partial charge is 0.463 e. The van der Waals surface area contributed by atoms with Gasteiger partial charge < -0.3 is 25.0 Å². The molecule has 2 N–H and O–H groups in total. The Balaban J connectivity index is 1.78. The molecule has 0 bridgehead atoms. The lowest BCUT2D eigenvalue weighted by Gasteiger charge is -2.26. The number of pyridine rings is 1. The van der Waals surface area contributed by atoms with Crippen molar-refractivity contribution in [1.29, 1.82) is 0 Å². The lowest BCUT2D eigenvalue weighted by Crippen LogP contribution is -2.50. The van der Waals surface area contributed by atoms with Crippen LogP contribution in [0.5, 0.6) is 0 Å². The van der Waals surface area contributed by atoms with Gasteiger partial charge in [0.2, 0.25) is 0 Å². The van der Waals surface area contributed by atoms with Crippen LogP contribution in [0.15, 0.2) is 29.6 Å². The summed E-state index contributed by atoms with van der Waals surface area (Å²) in [5.41, 5.74) is 0.811. The smallest absolute Gasteiger partial charge is 0.342 e. The molecule has 1 aromatic heterocycles. The number of carbonyl (C=O) groups is 3. The Labute approximate surface area is 163 Å². The first-order valence-electron chi connectivity index (χ1n) is 9.36. The van der Waals surface area contributed by atoms with E-state index < -0.39 is 24.0 Å². The van der Waals surface area contributed by atoms with E-state index in [1.165, 1.54) is 0 Å². The van der Waals surface area contributed by atoms with E-state index in [1.807, 2.05) is 4.90 Å². The molecular weight excluding hydrogens is 364 g/mol. The summed E-state index contributed by atoms with van der Waals surface area (Å²) in [5.74, 6) is -0.536. The van der Waals surface area contributed by atoms with Gasteiger partial charge in [-0.2, -0.15) is 0 Å². The maximum atomic E-state index is 12.7. The van der Waals surface area contributed by atoms with Gasteiger partial charge in [-0.3, -0.25) is 0 Å². The van der Waals surface area contributed by atoms with Gasteiger partial charge in [0, 0.05) is 19.3 Å². The Kier molecular flexibility index (Phi) is 6.13. The Morgan fingerprint density at radius 2 is 2.00 bits per heavy atom. The molecule has 28 heavy (non-hydrogen) atoms. The first-order chi connectivity index (χ1) is 13.5. The minimum atomic E-state index is -0.564. The summed E-state index contributed by atoms with van der Waals surface area (Å²) in [6.07, 6.45) is 3.75. The third-order valence-electron chi connectivity index (χ3n) is 4.63. The van der Waals surface area contributed by atoms with Crippen molar-refractivity contribution >= 4 is 23.8 Å². The molecule has 0 saturated carbocycles. The Morgan fingerprint density at radius 1 is 1.25 bits per heavy atom. The summed E-state index contributed by atoms with van der Waals surface area (Å²) in [4.78, 5) is 43.1. The summed E-state index contributed by atoms with van der Waals surface area (Å²) in [7, 11) is 0. The standard InChI is InChI=1S/C19H24N4O5/c1-3-27-18(25)15-12(2)21-19(26)22-14(15)11-28-17(24)13-7-6-8-20-16(13)23-9-4-5-10-23/h6-8,12H,3-5,9-11H2,1-2H3,(H2,21,22,26). The van der Waals surface area contributed by atoms with Gasteiger partial charge in [0.1, 0.15) is 18.0 Å². The highest BCUT2D eigenvalue weighted by Crippen LogP contribution is 2.23. The number of rotatable bonds is 6. The maximum absolute atomic E-state index is 12.7. The van der Waals surface area contributed by atoms with Crippen LogP contribution in [0.4, 0.5) is 10.6 Å². The van der Waals surface area contributed by atoms with E-state index in [0.29, 0.717) is 11.4 Å². The second-order valence-corrected chi connectivity index (χ2v) is 6.58. The van der Waals surface area contributed by atoms with E-state index in [0.717, 1.165) is 25.9 Å². The lowest BCUT2D eigenvalue weighted by atomic mass is 10.0. The van der Waals surface area contributed by atoms with Crippen molar-refractivity contribution in [2.24, 2.45) is 0 Å². The van der Waals surface area contributed by atoms with E-state index in [4.69, 9.17) is 9.47 Å². The molecule has 9 nitrogen and oxygen atoms in total. The van der Waals surface area contributed by atoms with Crippen molar-refractivity contribution < 1.29 is 23.9 Å². The fraction of sp³-hybridized carbons (Fsp3) is 0.474. The lowest BCUT2D eigenvalue weighted by molar-refractivity contribution is -0.139. The molecule has 3 heterocycles. The average Bonchev–Trinajstić information content (AvgIpc) is 3.20. The summed E-state index contributed by atoms with van der Waals surface area (Å²) in [6.45, 7) is 4.99. The fourth-order valence-corrected chi connectivity index (χ4v) is 3.35. The van der Waals surface area contributed by atoms with E-state index in [9.17, 15) is 14.4 Å². The summed E-state index contributed by atoms with van der Waals surface area (Å²) < 4.78 is 10.5. The molecule has 0 radical (unpaired) electrons. The summed E-state index contributed by atoms with van der Waals surface area (Å²) >= 11 is 0.